The number of amides is 3. The van der Waals surface area contributed by atoms with Gasteiger partial charge in [-0.25, -0.2) is 0 Å². The summed E-state index contributed by atoms with van der Waals surface area (Å²) in [5, 5.41) is 13.1. The number of nitrogens with one attached hydrogen (secondary N) is 1. The summed E-state index contributed by atoms with van der Waals surface area (Å²) in [6.07, 6.45) is 2.25. The van der Waals surface area contributed by atoms with E-state index in [0.717, 1.165) is 24.8 Å². The van der Waals surface area contributed by atoms with Crippen LogP contribution in [-0.4, -0.2) is 84.2 Å². The van der Waals surface area contributed by atoms with Gasteiger partial charge in [0.05, 0.1) is 36.8 Å². The van der Waals surface area contributed by atoms with Crippen molar-refractivity contribution in [3.8, 4) is 5.75 Å². The van der Waals surface area contributed by atoms with Crippen LogP contribution in [0.1, 0.15) is 66.3 Å². The zero-order valence-corrected chi connectivity index (χ0v) is 27.4. The standard InChI is InChI=1S/C37H47N3O6/c1-26-23-40(27(2)25-41)37(44)32-22-31(38-36(43)30-16-9-6-10-17-30)18-19-33(32)46-28(3)13-11-12-20-45-34(26)24-39(4)35(42)21-29-14-7-5-8-15-29/h5-10,14-19,22,26-28,34,41H,11-13,20-21,23-25H2,1-4H3,(H,38,43)/t26-,27-,28-,34-/m1/s1. The molecule has 3 aromatic rings. The molecule has 9 heteroatoms. The number of anilines is 1. The number of carbonyl (C=O) groups is 3. The molecule has 0 saturated heterocycles. The van der Waals surface area contributed by atoms with E-state index in [1.54, 1.807) is 66.2 Å². The Morgan fingerprint density at radius 3 is 2.41 bits per heavy atom. The Kier molecular flexibility index (Phi) is 12.7. The van der Waals surface area contributed by atoms with Crippen LogP contribution in [0.5, 0.6) is 5.75 Å². The van der Waals surface area contributed by atoms with Gasteiger partial charge in [-0.3, -0.25) is 14.4 Å². The molecule has 9 nitrogen and oxygen atoms in total. The lowest BCUT2D eigenvalue weighted by Crippen LogP contribution is -2.48. The van der Waals surface area contributed by atoms with Crippen molar-refractivity contribution in [2.24, 2.45) is 5.92 Å². The Morgan fingerprint density at radius 1 is 1.02 bits per heavy atom. The highest BCUT2D eigenvalue weighted by Gasteiger charge is 2.31. The van der Waals surface area contributed by atoms with Crippen LogP contribution in [0.25, 0.3) is 0 Å². The van der Waals surface area contributed by atoms with Crippen molar-refractivity contribution in [1.82, 2.24) is 9.80 Å². The number of aliphatic hydroxyl groups excluding tert-OH is 1. The SMILES string of the molecule is C[C@@H]1CCCCO[C@H](CN(C)C(=O)Cc2ccccc2)[C@H](C)CN([C@H](C)CO)C(=O)c2cc(NC(=O)c3ccccc3)ccc2O1. The van der Waals surface area contributed by atoms with Crippen LogP contribution in [0.4, 0.5) is 5.69 Å². The van der Waals surface area contributed by atoms with Gasteiger partial charge in [0.2, 0.25) is 5.91 Å². The van der Waals surface area contributed by atoms with E-state index in [1.165, 1.54) is 0 Å². The number of fused-ring (bicyclic) bond motifs is 1. The number of rotatable bonds is 8. The molecule has 246 valence electrons. The van der Waals surface area contributed by atoms with Gasteiger partial charge < -0.3 is 29.7 Å². The fourth-order valence-corrected chi connectivity index (χ4v) is 5.53. The molecule has 3 aromatic carbocycles. The third-order valence-electron chi connectivity index (χ3n) is 8.42. The van der Waals surface area contributed by atoms with E-state index in [4.69, 9.17) is 9.47 Å². The van der Waals surface area contributed by atoms with E-state index in [2.05, 4.69) is 5.32 Å². The van der Waals surface area contributed by atoms with Crippen molar-refractivity contribution in [2.75, 3.05) is 38.7 Å². The molecule has 0 aromatic heterocycles. The average Bonchev–Trinajstić information content (AvgIpc) is 3.06. The van der Waals surface area contributed by atoms with Gasteiger partial charge in [0.25, 0.3) is 11.8 Å². The Hall–Kier alpha value is -4.21. The molecule has 46 heavy (non-hydrogen) atoms. The summed E-state index contributed by atoms with van der Waals surface area (Å²) >= 11 is 0. The van der Waals surface area contributed by atoms with Gasteiger partial charge in [0, 0.05) is 43.9 Å². The first-order valence-electron chi connectivity index (χ1n) is 16.1. The second kappa shape index (κ2) is 16.9. The van der Waals surface area contributed by atoms with Gasteiger partial charge in [0.1, 0.15) is 5.75 Å². The lowest BCUT2D eigenvalue weighted by molar-refractivity contribution is -0.131. The predicted octanol–water partition coefficient (Wildman–Crippen LogP) is 5.44. The minimum atomic E-state index is -0.506. The first kappa shape index (κ1) is 34.7. The van der Waals surface area contributed by atoms with Crippen molar-refractivity contribution in [2.45, 2.75) is 64.7 Å². The summed E-state index contributed by atoms with van der Waals surface area (Å²) in [5.41, 5.74) is 2.21. The van der Waals surface area contributed by atoms with Crippen molar-refractivity contribution >= 4 is 23.4 Å². The molecule has 0 aliphatic carbocycles. The molecule has 0 spiro atoms. The highest BCUT2D eigenvalue weighted by atomic mass is 16.5. The molecule has 2 N–H and O–H groups in total. The molecule has 0 saturated carbocycles. The van der Waals surface area contributed by atoms with Crippen LogP contribution in [0, 0.1) is 5.92 Å². The maximum atomic E-state index is 14.3. The normalized spacial score (nSPS) is 20.1. The maximum absolute atomic E-state index is 14.3. The third kappa shape index (κ3) is 9.64. The quantitative estimate of drug-likeness (QED) is 0.344. The number of aliphatic hydroxyl groups is 1. The second-order valence-corrected chi connectivity index (χ2v) is 12.3. The number of carbonyl (C=O) groups excluding carboxylic acids is 3. The molecule has 0 unspecified atom stereocenters. The van der Waals surface area contributed by atoms with E-state index in [-0.39, 0.29) is 49.0 Å². The average molecular weight is 630 g/mol. The number of nitrogens with zero attached hydrogens (tertiary/aromatic N) is 2. The van der Waals surface area contributed by atoms with Gasteiger partial charge in [-0.1, -0.05) is 55.5 Å². The third-order valence-corrected chi connectivity index (χ3v) is 8.42. The molecule has 4 rings (SSSR count). The summed E-state index contributed by atoms with van der Waals surface area (Å²) in [4.78, 5) is 43.7. The largest absolute Gasteiger partial charge is 0.490 e. The van der Waals surface area contributed by atoms with Gasteiger partial charge in [0.15, 0.2) is 0 Å². The van der Waals surface area contributed by atoms with E-state index in [1.807, 2.05) is 50.2 Å². The Bertz CT molecular complexity index is 1430. The summed E-state index contributed by atoms with van der Waals surface area (Å²) in [6, 6.07) is 23.1. The molecular weight excluding hydrogens is 582 g/mol. The number of ether oxygens (including phenoxy) is 2. The fraction of sp³-hybridized carbons (Fsp3) is 0.432. The van der Waals surface area contributed by atoms with Gasteiger partial charge in [-0.15, -0.1) is 0 Å². The first-order valence-corrected chi connectivity index (χ1v) is 16.1. The summed E-state index contributed by atoms with van der Waals surface area (Å²) in [6.45, 7) is 6.70. The van der Waals surface area contributed by atoms with E-state index in [0.29, 0.717) is 42.1 Å². The number of hydrogen-bond acceptors (Lipinski definition) is 6. The summed E-state index contributed by atoms with van der Waals surface area (Å²) in [5.74, 6) is -0.367. The topological polar surface area (TPSA) is 108 Å². The Morgan fingerprint density at radius 2 is 1.72 bits per heavy atom. The Balaban J connectivity index is 1.60. The summed E-state index contributed by atoms with van der Waals surface area (Å²) < 4.78 is 12.7. The van der Waals surface area contributed by atoms with Crippen LogP contribution in [0.2, 0.25) is 0 Å². The second-order valence-electron chi connectivity index (χ2n) is 12.3. The highest BCUT2D eigenvalue weighted by Crippen LogP contribution is 2.29. The smallest absolute Gasteiger partial charge is 0.258 e. The molecule has 0 bridgehead atoms. The summed E-state index contributed by atoms with van der Waals surface area (Å²) in [7, 11) is 1.78. The molecule has 4 atom stereocenters. The zero-order valence-electron chi connectivity index (χ0n) is 27.4. The monoisotopic (exact) mass is 629 g/mol. The van der Waals surface area contributed by atoms with Crippen LogP contribution in [-0.2, 0) is 16.0 Å². The highest BCUT2D eigenvalue weighted by molar-refractivity contribution is 6.05. The van der Waals surface area contributed by atoms with Gasteiger partial charge >= 0.3 is 0 Å². The van der Waals surface area contributed by atoms with Gasteiger partial charge in [-0.2, -0.15) is 0 Å². The molecule has 1 aliphatic heterocycles. The molecule has 1 heterocycles. The number of likely N-dealkylation sites (N-methyl/N-ethyl adjacent to an activating group) is 1. The minimum absolute atomic E-state index is 0.0111. The van der Waals surface area contributed by atoms with Crippen molar-refractivity contribution in [3.05, 3.63) is 95.6 Å². The maximum Gasteiger partial charge on any atom is 0.258 e. The molecule has 0 fully saturated rings. The molecule has 3 amide bonds. The zero-order chi connectivity index (χ0) is 33.1. The molecule has 1 aliphatic rings. The van der Waals surface area contributed by atoms with E-state index in [9.17, 15) is 19.5 Å². The lowest BCUT2D eigenvalue weighted by Gasteiger charge is -2.36. The predicted molar refractivity (Wildman–Crippen MR) is 179 cm³/mol. The fourth-order valence-electron chi connectivity index (χ4n) is 5.53. The van der Waals surface area contributed by atoms with Crippen LogP contribution >= 0.6 is 0 Å². The number of benzene rings is 3. The lowest BCUT2D eigenvalue weighted by atomic mass is 10.0. The van der Waals surface area contributed by atoms with Crippen molar-refractivity contribution < 1.29 is 29.0 Å². The van der Waals surface area contributed by atoms with Gasteiger partial charge in [-0.05, 0) is 69.0 Å². The van der Waals surface area contributed by atoms with Crippen molar-refractivity contribution in [1.29, 1.82) is 0 Å². The van der Waals surface area contributed by atoms with E-state index >= 15 is 0 Å². The van der Waals surface area contributed by atoms with Crippen LogP contribution in [0.3, 0.4) is 0 Å². The Labute approximate surface area is 272 Å². The van der Waals surface area contributed by atoms with Crippen molar-refractivity contribution in [3.63, 3.8) is 0 Å². The van der Waals surface area contributed by atoms with E-state index < -0.39 is 6.04 Å². The molecule has 0 radical (unpaired) electrons. The minimum Gasteiger partial charge on any atom is -0.490 e. The van der Waals surface area contributed by atoms with Crippen LogP contribution < -0.4 is 10.1 Å². The molecular formula is C37H47N3O6. The number of hydrogen-bond donors (Lipinski definition) is 2. The van der Waals surface area contributed by atoms with Crippen LogP contribution in [0.15, 0.2) is 78.9 Å². The first-order chi connectivity index (χ1) is 22.2.